The molecule has 0 aromatic heterocycles. The zero-order valence-corrected chi connectivity index (χ0v) is 36.1. The SMILES string of the molecule is CC[Si](CC)(CC)O[C@H]1C[C@@]23OC(=O)O[C@H]2[C@@H]2C(=O)[C@H](O[Si](CC)(CC)CC)C[C@H](O[Si](CC)(CC)CC)[C@@]2(C)CC(=O)C(=C1C)C3(C)C. The van der Waals surface area contributed by atoms with E-state index in [4.69, 9.17) is 22.8 Å². The molecule has 1 aliphatic heterocycles. The topological polar surface area (TPSA) is 97.4 Å². The Labute approximate surface area is 300 Å². The molecule has 4 aliphatic rings. The van der Waals surface area contributed by atoms with Crippen molar-refractivity contribution in [2.75, 3.05) is 0 Å². The normalized spacial score (nSPS) is 33.4. The molecule has 0 radical (unpaired) electrons. The molecule has 1 heterocycles. The Morgan fingerprint density at radius 1 is 0.694 bits per heavy atom. The molecule has 0 aromatic carbocycles. The summed E-state index contributed by atoms with van der Waals surface area (Å²) in [6.45, 7) is 27.9. The standard InChI is InChI=1S/C38H68O8Si3/c1-14-47(15-2,16-3)44-28-23-30(46-49(20-7,21-8)22-9)37(13)24-27(39)31-26(10)29(45-48(17-4,18-5)19-6)25-38(36(31,11)12)34(32(37)33(28)40)42-35(41)43-38/h28-30,32,34H,14-25H2,1-13H3/t28-,29+,30+,32+,34+,37-,38-/m1/s1. The molecule has 2 saturated carbocycles. The van der Waals surface area contributed by atoms with Crippen molar-refractivity contribution >= 4 is 42.7 Å². The molecule has 2 bridgehead atoms. The summed E-state index contributed by atoms with van der Waals surface area (Å²) in [7, 11) is -6.59. The summed E-state index contributed by atoms with van der Waals surface area (Å²) >= 11 is 0. The maximum atomic E-state index is 15.3. The van der Waals surface area contributed by atoms with Gasteiger partial charge in [0.25, 0.3) is 0 Å². The lowest BCUT2D eigenvalue weighted by atomic mass is 9.48. The van der Waals surface area contributed by atoms with Gasteiger partial charge in [-0.15, -0.1) is 0 Å². The molecular weight excluding hydrogens is 669 g/mol. The summed E-state index contributed by atoms with van der Waals surface area (Å²) in [5.74, 6) is -0.895. The first-order chi connectivity index (χ1) is 23.0. The van der Waals surface area contributed by atoms with Crippen LogP contribution < -0.4 is 0 Å². The Balaban J connectivity index is 2.00. The van der Waals surface area contributed by atoms with Gasteiger partial charge in [-0.05, 0) is 66.9 Å². The van der Waals surface area contributed by atoms with Gasteiger partial charge in [0.2, 0.25) is 0 Å². The minimum atomic E-state index is -2.23. The molecule has 0 amide bonds. The van der Waals surface area contributed by atoms with E-state index >= 15 is 9.59 Å². The minimum absolute atomic E-state index is 0.00207. The molecule has 11 heteroatoms. The summed E-state index contributed by atoms with van der Waals surface area (Å²) in [5, 5.41) is 0. The van der Waals surface area contributed by atoms with E-state index in [0.717, 1.165) is 60.0 Å². The summed E-state index contributed by atoms with van der Waals surface area (Å²) in [5.41, 5.74) is -1.50. The highest BCUT2D eigenvalue weighted by molar-refractivity contribution is 6.74. The lowest BCUT2D eigenvalue weighted by Gasteiger charge is -2.59. The van der Waals surface area contributed by atoms with E-state index in [9.17, 15) is 4.79 Å². The second-order valence-electron chi connectivity index (χ2n) is 16.4. The lowest BCUT2D eigenvalue weighted by molar-refractivity contribution is -0.182. The van der Waals surface area contributed by atoms with E-state index in [1.807, 2.05) is 20.8 Å². The van der Waals surface area contributed by atoms with Gasteiger partial charge >= 0.3 is 6.16 Å². The summed E-state index contributed by atoms with van der Waals surface area (Å²) in [6.07, 6.45) is -2.28. The monoisotopic (exact) mass is 736 g/mol. The van der Waals surface area contributed by atoms with Gasteiger partial charge in [0.1, 0.15) is 6.10 Å². The van der Waals surface area contributed by atoms with Crippen LogP contribution in [-0.2, 0) is 32.3 Å². The molecular formula is C38H68O8Si3. The zero-order valence-electron chi connectivity index (χ0n) is 33.1. The number of rotatable bonds is 15. The number of carbonyl (C=O) groups is 3. The molecule has 0 N–H and O–H groups in total. The van der Waals surface area contributed by atoms with Gasteiger partial charge in [0.05, 0.1) is 18.1 Å². The van der Waals surface area contributed by atoms with Gasteiger partial charge < -0.3 is 22.8 Å². The highest BCUT2D eigenvalue weighted by Crippen LogP contribution is 2.63. The van der Waals surface area contributed by atoms with E-state index in [2.05, 4.69) is 69.2 Å². The smallest absolute Gasteiger partial charge is 0.426 e. The van der Waals surface area contributed by atoms with Gasteiger partial charge in [-0.1, -0.05) is 83.1 Å². The van der Waals surface area contributed by atoms with Crippen LogP contribution in [0.3, 0.4) is 0 Å². The van der Waals surface area contributed by atoms with E-state index in [1.54, 1.807) is 0 Å². The maximum absolute atomic E-state index is 15.3. The molecule has 4 rings (SSSR count). The molecule has 7 atom stereocenters. The van der Waals surface area contributed by atoms with Crippen molar-refractivity contribution in [3.8, 4) is 0 Å². The van der Waals surface area contributed by atoms with Crippen LogP contribution in [0, 0.1) is 16.7 Å². The number of carbonyl (C=O) groups excluding carboxylic acids is 3. The van der Waals surface area contributed by atoms with Crippen LogP contribution in [0.2, 0.25) is 54.4 Å². The number of ether oxygens (including phenoxy) is 2. The summed E-state index contributed by atoms with van der Waals surface area (Å²) in [6, 6.07) is 8.44. The average molecular weight is 737 g/mol. The third-order valence-corrected chi connectivity index (χ3v) is 28.5. The fourth-order valence-corrected chi connectivity index (χ4v) is 19.0. The van der Waals surface area contributed by atoms with E-state index in [-0.39, 0.29) is 18.0 Å². The summed E-state index contributed by atoms with van der Waals surface area (Å²) in [4.78, 5) is 43.9. The lowest BCUT2D eigenvalue weighted by Crippen LogP contribution is -2.70. The van der Waals surface area contributed by atoms with Crippen molar-refractivity contribution in [3.63, 3.8) is 0 Å². The Bertz CT molecular complexity index is 1260. The first-order valence-corrected chi connectivity index (χ1v) is 27.3. The van der Waals surface area contributed by atoms with Crippen molar-refractivity contribution in [2.45, 2.75) is 194 Å². The largest absolute Gasteiger partial charge is 0.509 e. The number of hydrogen-bond donors (Lipinski definition) is 0. The minimum Gasteiger partial charge on any atom is -0.426 e. The van der Waals surface area contributed by atoms with Gasteiger partial charge in [-0.2, -0.15) is 0 Å². The van der Waals surface area contributed by atoms with Crippen LogP contribution in [0.1, 0.15) is 109 Å². The molecule has 1 saturated heterocycles. The number of Topliss-reactive ketones (excluding diaryl/α,β-unsaturated/α-hetero) is 2. The van der Waals surface area contributed by atoms with Crippen LogP contribution in [0.15, 0.2) is 11.1 Å². The van der Waals surface area contributed by atoms with Crippen molar-refractivity contribution in [3.05, 3.63) is 11.1 Å². The predicted octanol–water partition coefficient (Wildman–Crippen LogP) is 9.75. The third-order valence-electron chi connectivity index (χ3n) is 14.6. The number of hydrogen-bond acceptors (Lipinski definition) is 8. The second kappa shape index (κ2) is 14.7. The highest BCUT2D eigenvalue weighted by atomic mass is 28.4. The third kappa shape index (κ3) is 6.46. The van der Waals surface area contributed by atoms with Gasteiger partial charge in [0.15, 0.2) is 48.2 Å². The highest BCUT2D eigenvalue weighted by Gasteiger charge is 2.74. The predicted molar refractivity (Wildman–Crippen MR) is 202 cm³/mol. The Kier molecular flexibility index (Phi) is 12.2. The van der Waals surface area contributed by atoms with Crippen molar-refractivity contribution < 1.29 is 37.1 Å². The number of fused-ring (bicyclic) bond motifs is 3. The van der Waals surface area contributed by atoms with Gasteiger partial charge in [-0.3, -0.25) is 9.59 Å². The average Bonchev–Trinajstić information content (AvgIpc) is 3.41. The van der Waals surface area contributed by atoms with E-state index in [1.165, 1.54) is 0 Å². The fraction of sp³-hybridized carbons (Fsp3) is 0.868. The maximum Gasteiger partial charge on any atom is 0.509 e. The van der Waals surface area contributed by atoms with Crippen molar-refractivity contribution in [1.82, 2.24) is 0 Å². The van der Waals surface area contributed by atoms with Crippen molar-refractivity contribution in [1.29, 1.82) is 0 Å². The van der Waals surface area contributed by atoms with Crippen LogP contribution in [0.25, 0.3) is 0 Å². The zero-order chi connectivity index (χ0) is 36.8. The summed E-state index contributed by atoms with van der Waals surface area (Å²) < 4.78 is 34.4. The second-order valence-corrected chi connectivity index (χ2v) is 30.6. The molecule has 0 unspecified atom stereocenters. The Morgan fingerprint density at radius 3 is 1.61 bits per heavy atom. The molecule has 3 aliphatic carbocycles. The van der Waals surface area contributed by atoms with Crippen molar-refractivity contribution in [2.24, 2.45) is 16.7 Å². The molecule has 3 fully saturated rings. The molecule has 8 nitrogen and oxygen atoms in total. The van der Waals surface area contributed by atoms with Crippen LogP contribution in [0.4, 0.5) is 4.79 Å². The Hall–Kier alpha value is -1.12. The van der Waals surface area contributed by atoms with Crippen LogP contribution in [-0.4, -0.2) is 72.7 Å². The molecule has 49 heavy (non-hydrogen) atoms. The van der Waals surface area contributed by atoms with Crippen LogP contribution in [0.5, 0.6) is 0 Å². The van der Waals surface area contributed by atoms with Gasteiger partial charge in [-0.25, -0.2) is 4.79 Å². The molecule has 280 valence electrons. The fourth-order valence-electron chi connectivity index (χ4n) is 10.3. The first kappa shape index (κ1) is 40.6. The van der Waals surface area contributed by atoms with Crippen LogP contribution >= 0.6 is 0 Å². The molecule has 0 aromatic rings. The van der Waals surface area contributed by atoms with E-state index < -0.39 is 77.9 Å². The number of ketones is 2. The molecule has 1 spiro atoms. The Morgan fingerprint density at radius 2 is 1.14 bits per heavy atom. The first-order valence-electron chi connectivity index (χ1n) is 19.7. The van der Waals surface area contributed by atoms with Gasteiger partial charge in [0, 0.05) is 35.7 Å². The quantitative estimate of drug-likeness (QED) is 0.121. The van der Waals surface area contributed by atoms with E-state index in [0.29, 0.717) is 18.4 Å².